The normalized spacial score (nSPS) is 13.2. The van der Waals surface area contributed by atoms with Crippen molar-refractivity contribution >= 4 is 0 Å². The molecule has 0 bridgehead atoms. The molecule has 0 saturated carbocycles. The molecule has 0 heterocycles. The summed E-state index contributed by atoms with van der Waals surface area (Å²) in [6.45, 7) is 11.3. The summed E-state index contributed by atoms with van der Waals surface area (Å²) in [5.74, 6) is 0.686. The second kappa shape index (κ2) is 12.3. The highest BCUT2D eigenvalue weighted by Gasteiger charge is 2.02. The van der Waals surface area contributed by atoms with Crippen molar-refractivity contribution < 1.29 is 14.2 Å². The van der Waals surface area contributed by atoms with E-state index in [1.807, 2.05) is 0 Å². The molecule has 0 aliphatic heterocycles. The van der Waals surface area contributed by atoms with Gasteiger partial charge in [-0.2, -0.15) is 0 Å². The molecule has 1 unspecified atom stereocenters. The molecule has 0 radical (unpaired) electrons. The number of hydrogen-bond acceptors (Lipinski definition) is 4. The molecule has 4 nitrogen and oxygen atoms in total. The zero-order chi connectivity index (χ0) is 12.9. The molecule has 0 aromatic carbocycles. The van der Waals surface area contributed by atoms with Crippen LogP contribution in [-0.4, -0.2) is 52.7 Å². The first-order valence-corrected chi connectivity index (χ1v) is 6.55. The van der Waals surface area contributed by atoms with E-state index < -0.39 is 0 Å². The molecule has 0 aromatic heterocycles. The minimum atomic E-state index is 0.247. The summed E-state index contributed by atoms with van der Waals surface area (Å²) < 4.78 is 15.9. The third-order valence-electron chi connectivity index (χ3n) is 2.25. The molecular weight excluding hydrogens is 218 g/mol. The molecule has 0 rings (SSSR count). The highest BCUT2D eigenvalue weighted by Crippen LogP contribution is 1.92. The number of rotatable bonds is 12. The minimum Gasteiger partial charge on any atom is -0.385 e. The lowest BCUT2D eigenvalue weighted by atomic mass is 10.2. The molecule has 1 N–H and O–H groups in total. The van der Waals surface area contributed by atoms with Crippen molar-refractivity contribution in [1.82, 2.24) is 5.32 Å². The molecule has 4 heteroatoms. The Bertz CT molecular complexity index is 154. The molecule has 0 spiro atoms. The summed E-state index contributed by atoms with van der Waals surface area (Å²) in [6, 6.07) is 0. The summed E-state index contributed by atoms with van der Waals surface area (Å²) in [6.07, 6.45) is 1.19. The van der Waals surface area contributed by atoms with Crippen LogP contribution < -0.4 is 5.32 Å². The fourth-order valence-electron chi connectivity index (χ4n) is 1.35. The zero-order valence-electron chi connectivity index (χ0n) is 11.8. The molecule has 0 fully saturated rings. The van der Waals surface area contributed by atoms with E-state index in [-0.39, 0.29) is 6.10 Å². The standard InChI is InChI=1S/C13H29NO3/c1-12(2)10-14-11-13(3)17-9-8-16-7-5-6-15-4/h12-14H,5-11H2,1-4H3. The molecule has 104 valence electrons. The first kappa shape index (κ1) is 16.8. The Morgan fingerprint density at radius 3 is 2.35 bits per heavy atom. The maximum absolute atomic E-state index is 5.61. The van der Waals surface area contributed by atoms with Crippen molar-refractivity contribution in [3.8, 4) is 0 Å². The van der Waals surface area contributed by atoms with Gasteiger partial charge in [-0.25, -0.2) is 0 Å². The van der Waals surface area contributed by atoms with Gasteiger partial charge >= 0.3 is 0 Å². The Labute approximate surface area is 106 Å². The molecule has 1 atom stereocenters. The maximum atomic E-state index is 5.61. The molecule has 0 aliphatic rings. The lowest BCUT2D eigenvalue weighted by Crippen LogP contribution is -2.30. The van der Waals surface area contributed by atoms with Crippen LogP contribution in [0.3, 0.4) is 0 Å². The monoisotopic (exact) mass is 247 g/mol. The highest BCUT2D eigenvalue weighted by molar-refractivity contribution is 4.57. The van der Waals surface area contributed by atoms with Crippen molar-refractivity contribution in [1.29, 1.82) is 0 Å². The summed E-state index contributed by atoms with van der Waals surface area (Å²) in [5, 5.41) is 3.37. The Kier molecular flexibility index (Phi) is 12.2. The van der Waals surface area contributed by atoms with E-state index in [2.05, 4.69) is 26.1 Å². The van der Waals surface area contributed by atoms with Crippen LogP contribution in [0.2, 0.25) is 0 Å². The molecule has 0 aliphatic carbocycles. The molecule has 17 heavy (non-hydrogen) atoms. The third-order valence-corrected chi connectivity index (χ3v) is 2.25. The number of methoxy groups -OCH3 is 1. The van der Waals surface area contributed by atoms with Crippen molar-refractivity contribution in [2.24, 2.45) is 5.92 Å². The second-order valence-corrected chi connectivity index (χ2v) is 4.69. The summed E-state index contributed by atoms with van der Waals surface area (Å²) in [4.78, 5) is 0. The van der Waals surface area contributed by atoms with Crippen LogP contribution in [0, 0.1) is 5.92 Å². The van der Waals surface area contributed by atoms with Gasteiger partial charge in [0.25, 0.3) is 0 Å². The fourth-order valence-corrected chi connectivity index (χ4v) is 1.35. The van der Waals surface area contributed by atoms with E-state index in [1.165, 1.54) is 0 Å². The van der Waals surface area contributed by atoms with Gasteiger partial charge in [-0.1, -0.05) is 13.8 Å². The highest BCUT2D eigenvalue weighted by atomic mass is 16.5. The first-order chi connectivity index (χ1) is 8.16. The summed E-state index contributed by atoms with van der Waals surface area (Å²) >= 11 is 0. The number of nitrogens with one attached hydrogen (secondary N) is 1. The molecule has 0 aromatic rings. The average molecular weight is 247 g/mol. The number of hydrogen-bond donors (Lipinski definition) is 1. The quantitative estimate of drug-likeness (QED) is 0.533. The van der Waals surface area contributed by atoms with Gasteiger partial charge in [-0.3, -0.25) is 0 Å². The lowest BCUT2D eigenvalue weighted by molar-refractivity contribution is 0.00871. The SMILES string of the molecule is COCCCOCCOC(C)CNCC(C)C. The van der Waals surface area contributed by atoms with Gasteiger partial charge in [0, 0.05) is 26.9 Å². The zero-order valence-corrected chi connectivity index (χ0v) is 11.8. The largest absolute Gasteiger partial charge is 0.385 e. The van der Waals surface area contributed by atoms with Crippen molar-refractivity contribution in [3.05, 3.63) is 0 Å². The van der Waals surface area contributed by atoms with Gasteiger partial charge in [0.1, 0.15) is 0 Å². The van der Waals surface area contributed by atoms with Crippen LogP contribution in [0.1, 0.15) is 27.2 Å². The van der Waals surface area contributed by atoms with Crippen molar-refractivity contribution in [2.75, 3.05) is 46.6 Å². The van der Waals surface area contributed by atoms with Crippen molar-refractivity contribution in [3.63, 3.8) is 0 Å². The van der Waals surface area contributed by atoms with Gasteiger partial charge in [0.05, 0.1) is 19.3 Å². The van der Waals surface area contributed by atoms with Crippen LogP contribution in [0.15, 0.2) is 0 Å². The minimum absolute atomic E-state index is 0.247. The summed E-state index contributed by atoms with van der Waals surface area (Å²) in [7, 11) is 1.70. The third kappa shape index (κ3) is 13.8. The van der Waals surface area contributed by atoms with E-state index in [9.17, 15) is 0 Å². The topological polar surface area (TPSA) is 39.7 Å². The van der Waals surface area contributed by atoms with Crippen molar-refractivity contribution in [2.45, 2.75) is 33.3 Å². The van der Waals surface area contributed by atoms with E-state index in [4.69, 9.17) is 14.2 Å². The van der Waals surface area contributed by atoms with Gasteiger partial charge in [0.15, 0.2) is 0 Å². The van der Waals surface area contributed by atoms with Gasteiger partial charge in [0.2, 0.25) is 0 Å². The first-order valence-electron chi connectivity index (χ1n) is 6.55. The molecular formula is C13H29NO3. The van der Waals surface area contributed by atoms with Gasteiger partial charge in [-0.15, -0.1) is 0 Å². The smallest absolute Gasteiger partial charge is 0.0704 e. The van der Waals surface area contributed by atoms with Crippen LogP contribution in [0.25, 0.3) is 0 Å². The Morgan fingerprint density at radius 1 is 0.941 bits per heavy atom. The Morgan fingerprint density at radius 2 is 1.71 bits per heavy atom. The van der Waals surface area contributed by atoms with E-state index in [1.54, 1.807) is 7.11 Å². The van der Waals surface area contributed by atoms with Gasteiger partial charge < -0.3 is 19.5 Å². The Balaban J connectivity index is 3.13. The predicted octanol–water partition coefficient (Wildman–Crippen LogP) is 1.69. The average Bonchev–Trinajstić information content (AvgIpc) is 2.27. The van der Waals surface area contributed by atoms with E-state index in [0.29, 0.717) is 19.1 Å². The Hall–Kier alpha value is -0.160. The van der Waals surface area contributed by atoms with Crippen LogP contribution in [0.5, 0.6) is 0 Å². The van der Waals surface area contributed by atoms with Crippen LogP contribution in [-0.2, 0) is 14.2 Å². The maximum Gasteiger partial charge on any atom is 0.0704 e. The van der Waals surface area contributed by atoms with Gasteiger partial charge in [-0.05, 0) is 25.8 Å². The second-order valence-electron chi connectivity index (χ2n) is 4.69. The predicted molar refractivity (Wildman–Crippen MR) is 70.4 cm³/mol. The fraction of sp³-hybridized carbons (Fsp3) is 1.00. The molecule has 0 amide bonds. The lowest BCUT2D eigenvalue weighted by Gasteiger charge is -2.15. The summed E-state index contributed by atoms with van der Waals surface area (Å²) in [5.41, 5.74) is 0. The number of ether oxygens (including phenoxy) is 3. The van der Waals surface area contributed by atoms with Crippen LogP contribution >= 0.6 is 0 Å². The van der Waals surface area contributed by atoms with Crippen LogP contribution in [0.4, 0.5) is 0 Å². The molecule has 0 saturated heterocycles. The van der Waals surface area contributed by atoms with E-state index >= 15 is 0 Å². The van der Waals surface area contributed by atoms with E-state index in [0.717, 1.165) is 32.7 Å².